The molecule has 2 rings (SSSR count). The lowest BCUT2D eigenvalue weighted by atomic mass is 10.2. The Morgan fingerprint density at radius 2 is 2.16 bits per heavy atom. The highest BCUT2D eigenvalue weighted by Crippen LogP contribution is 2.09. The summed E-state index contributed by atoms with van der Waals surface area (Å²) < 4.78 is 1.82. The molecule has 1 aromatic carbocycles. The van der Waals surface area contributed by atoms with Crippen LogP contribution in [-0.2, 0) is 17.8 Å². The number of carbonyl (C=O) groups is 1. The van der Waals surface area contributed by atoms with E-state index in [1.807, 2.05) is 17.6 Å². The molecule has 96 valence electrons. The summed E-state index contributed by atoms with van der Waals surface area (Å²) in [4.78, 5) is 16.0. The zero-order valence-corrected chi connectivity index (χ0v) is 10.6. The molecule has 0 spiro atoms. The highest BCUT2D eigenvalue weighted by molar-refractivity contribution is 5.90. The van der Waals surface area contributed by atoms with E-state index in [4.69, 9.17) is 5.26 Å². The lowest BCUT2D eigenvalue weighted by Crippen LogP contribution is -2.19. The molecule has 5 nitrogen and oxygen atoms in total. The van der Waals surface area contributed by atoms with Crippen LogP contribution in [0.4, 0.5) is 5.69 Å². The van der Waals surface area contributed by atoms with Gasteiger partial charge in [-0.2, -0.15) is 5.26 Å². The van der Waals surface area contributed by atoms with Crippen molar-refractivity contribution in [2.75, 3.05) is 5.32 Å². The standard InChI is InChI=1S/C14H14N4O/c1-2-13-16-7-8-18(13)10-14(19)17-12-5-3-11(9-15)4-6-12/h3-8H,2,10H2,1H3,(H,17,19). The Morgan fingerprint density at radius 1 is 1.42 bits per heavy atom. The third-order valence-electron chi connectivity index (χ3n) is 2.73. The number of anilines is 1. The second-order valence-corrected chi connectivity index (χ2v) is 4.06. The van der Waals surface area contributed by atoms with Crippen LogP contribution < -0.4 is 5.32 Å². The first-order valence-electron chi connectivity index (χ1n) is 6.03. The first-order valence-corrected chi connectivity index (χ1v) is 6.03. The summed E-state index contributed by atoms with van der Waals surface area (Å²) in [6.45, 7) is 2.24. The van der Waals surface area contributed by atoms with Crippen molar-refractivity contribution >= 4 is 11.6 Å². The number of amides is 1. The molecule has 0 atom stereocenters. The maximum absolute atomic E-state index is 11.9. The molecule has 1 aromatic heterocycles. The van der Waals surface area contributed by atoms with Gasteiger partial charge in [-0.1, -0.05) is 6.92 Å². The fraction of sp³-hybridized carbons (Fsp3) is 0.214. The first-order chi connectivity index (χ1) is 9.22. The van der Waals surface area contributed by atoms with E-state index in [1.165, 1.54) is 0 Å². The van der Waals surface area contributed by atoms with E-state index in [0.717, 1.165) is 12.2 Å². The van der Waals surface area contributed by atoms with Crippen LogP contribution in [0.5, 0.6) is 0 Å². The van der Waals surface area contributed by atoms with Crippen LogP contribution >= 0.6 is 0 Å². The Bertz CT molecular complexity index is 607. The number of benzene rings is 1. The number of hydrogen-bond donors (Lipinski definition) is 1. The second kappa shape index (κ2) is 5.83. The highest BCUT2D eigenvalue weighted by Gasteiger charge is 2.06. The van der Waals surface area contributed by atoms with Crippen molar-refractivity contribution in [2.24, 2.45) is 0 Å². The van der Waals surface area contributed by atoms with Gasteiger partial charge in [0.1, 0.15) is 12.4 Å². The Hall–Kier alpha value is -2.61. The molecule has 19 heavy (non-hydrogen) atoms. The Labute approximate surface area is 111 Å². The number of nitrogens with one attached hydrogen (secondary N) is 1. The largest absolute Gasteiger partial charge is 0.326 e. The fourth-order valence-corrected chi connectivity index (χ4v) is 1.78. The summed E-state index contributed by atoms with van der Waals surface area (Å²) in [6, 6.07) is 8.80. The molecule has 0 saturated carbocycles. The third kappa shape index (κ3) is 3.19. The molecule has 0 aliphatic heterocycles. The molecule has 0 fully saturated rings. The van der Waals surface area contributed by atoms with E-state index in [0.29, 0.717) is 11.3 Å². The molecular weight excluding hydrogens is 240 g/mol. The minimum atomic E-state index is -0.114. The van der Waals surface area contributed by atoms with Crippen molar-refractivity contribution in [3.05, 3.63) is 48.0 Å². The number of rotatable bonds is 4. The quantitative estimate of drug-likeness (QED) is 0.906. The molecule has 0 unspecified atom stereocenters. The Kier molecular flexibility index (Phi) is 3.94. The zero-order chi connectivity index (χ0) is 13.7. The molecule has 1 heterocycles. The average Bonchev–Trinajstić information content (AvgIpc) is 2.86. The topological polar surface area (TPSA) is 70.7 Å². The summed E-state index contributed by atoms with van der Waals surface area (Å²) in [5, 5.41) is 11.5. The number of hydrogen-bond acceptors (Lipinski definition) is 3. The first kappa shape index (κ1) is 12.8. The maximum Gasteiger partial charge on any atom is 0.244 e. The Morgan fingerprint density at radius 3 is 2.79 bits per heavy atom. The smallest absolute Gasteiger partial charge is 0.244 e. The summed E-state index contributed by atoms with van der Waals surface area (Å²) >= 11 is 0. The predicted molar refractivity (Wildman–Crippen MR) is 71.4 cm³/mol. The van der Waals surface area contributed by atoms with Crippen LogP contribution in [0.3, 0.4) is 0 Å². The summed E-state index contributed by atoms with van der Waals surface area (Å²) in [6.07, 6.45) is 4.27. The van der Waals surface area contributed by atoms with Gasteiger partial charge in [-0.25, -0.2) is 4.98 Å². The van der Waals surface area contributed by atoms with E-state index >= 15 is 0 Å². The monoisotopic (exact) mass is 254 g/mol. The molecule has 0 radical (unpaired) electrons. The SMILES string of the molecule is CCc1nccn1CC(=O)Nc1ccc(C#N)cc1. The Balaban J connectivity index is 1.99. The van der Waals surface area contributed by atoms with Gasteiger partial charge < -0.3 is 9.88 Å². The van der Waals surface area contributed by atoms with Crippen molar-refractivity contribution in [3.8, 4) is 6.07 Å². The van der Waals surface area contributed by atoms with Gasteiger partial charge in [0.05, 0.1) is 11.6 Å². The van der Waals surface area contributed by atoms with Gasteiger partial charge in [-0.15, -0.1) is 0 Å². The number of imidazole rings is 1. The van der Waals surface area contributed by atoms with Crippen LogP contribution in [0.25, 0.3) is 0 Å². The zero-order valence-electron chi connectivity index (χ0n) is 10.6. The second-order valence-electron chi connectivity index (χ2n) is 4.06. The summed E-state index contributed by atoms with van der Waals surface area (Å²) in [7, 11) is 0. The maximum atomic E-state index is 11.9. The molecule has 0 aliphatic rings. The lowest BCUT2D eigenvalue weighted by molar-refractivity contribution is -0.116. The molecule has 0 aliphatic carbocycles. The van der Waals surface area contributed by atoms with Gasteiger partial charge in [0.15, 0.2) is 0 Å². The predicted octanol–water partition coefficient (Wildman–Crippen LogP) is 1.96. The molecule has 5 heteroatoms. The van der Waals surface area contributed by atoms with Crippen LogP contribution in [0.1, 0.15) is 18.3 Å². The van der Waals surface area contributed by atoms with E-state index in [-0.39, 0.29) is 12.5 Å². The molecule has 0 saturated heterocycles. The van der Waals surface area contributed by atoms with E-state index in [1.54, 1.807) is 36.7 Å². The minimum Gasteiger partial charge on any atom is -0.326 e. The van der Waals surface area contributed by atoms with Gasteiger partial charge in [0.2, 0.25) is 5.91 Å². The van der Waals surface area contributed by atoms with Crippen molar-refractivity contribution in [3.63, 3.8) is 0 Å². The number of nitrogens with zero attached hydrogens (tertiary/aromatic N) is 3. The van der Waals surface area contributed by atoms with Gasteiger partial charge in [-0.05, 0) is 24.3 Å². The molecular formula is C14H14N4O. The molecule has 1 amide bonds. The summed E-state index contributed by atoms with van der Waals surface area (Å²) in [5.74, 6) is 0.771. The van der Waals surface area contributed by atoms with Gasteiger partial charge in [0, 0.05) is 24.5 Å². The molecule has 2 aromatic rings. The van der Waals surface area contributed by atoms with Gasteiger partial charge in [0.25, 0.3) is 0 Å². The van der Waals surface area contributed by atoms with Gasteiger partial charge in [-0.3, -0.25) is 4.79 Å². The lowest BCUT2D eigenvalue weighted by Gasteiger charge is -2.07. The van der Waals surface area contributed by atoms with Crippen molar-refractivity contribution in [1.29, 1.82) is 5.26 Å². The fourth-order valence-electron chi connectivity index (χ4n) is 1.78. The van der Waals surface area contributed by atoms with E-state index in [9.17, 15) is 4.79 Å². The van der Waals surface area contributed by atoms with E-state index in [2.05, 4.69) is 10.3 Å². The van der Waals surface area contributed by atoms with Crippen LogP contribution in [0, 0.1) is 11.3 Å². The number of nitriles is 1. The van der Waals surface area contributed by atoms with Crippen LogP contribution in [0.2, 0.25) is 0 Å². The number of carbonyl (C=O) groups excluding carboxylic acids is 1. The third-order valence-corrected chi connectivity index (χ3v) is 2.73. The highest BCUT2D eigenvalue weighted by atomic mass is 16.1. The number of aromatic nitrogens is 2. The average molecular weight is 254 g/mol. The summed E-state index contributed by atoms with van der Waals surface area (Å²) in [5.41, 5.74) is 1.25. The number of aryl methyl sites for hydroxylation is 1. The van der Waals surface area contributed by atoms with Crippen LogP contribution in [-0.4, -0.2) is 15.5 Å². The minimum absolute atomic E-state index is 0.114. The van der Waals surface area contributed by atoms with Crippen molar-refractivity contribution in [2.45, 2.75) is 19.9 Å². The molecule has 0 bridgehead atoms. The van der Waals surface area contributed by atoms with Crippen molar-refractivity contribution < 1.29 is 4.79 Å². The van der Waals surface area contributed by atoms with Crippen molar-refractivity contribution in [1.82, 2.24) is 9.55 Å². The van der Waals surface area contributed by atoms with Crippen LogP contribution in [0.15, 0.2) is 36.7 Å². The van der Waals surface area contributed by atoms with Gasteiger partial charge >= 0.3 is 0 Å². The normalized spacial score (nSPS) is 9.89. The van der Waals surface area contributed by atoms with E-state index < -0.39 is 0 Å². The molecule has 1 N–H and O–H groups in total.